The zero-order chi connectivity index (χ0) is 13.6. The van der Waals surface area contributed by atoms with Crippen molar-refractivity contribution in [1.82, 2.24) is 0 Å². The largest absolute Gasteiger partial charge is 0.999 e. The minimum Gasteiger partial charge on any atom is -0.999 e. The van der Waals surface area contributed by atoms with Crippen LogP contribution in [0.3, 0.4) is 0 Å². The summed E-state index contributed by atoms with van der Waals surface area (Å²) in [5.74, 6) is 0.836. The summed E-state index contributed by atoms with van der Waals surface area (Å²) in [6, 6.07) is 20.6. The van der Waals surface area contributed by atoms with E-state index in [0.717, 1.165) is 5.92 Å². The molecule has 0 aliphatic carbocycles. The molecule has 0 amide bonds. The zero-order valence-electron chi connectivity index (χ0n) is 10.6. The van der Waals surface area contributed by atoms with Gasteiger partial charge in [0.05, 0.1) is 0 Å². The number of hydrogen-bond acceptors (Lipinski definition) is 0. The van der Waals surface area contributed by atoms with Crippen molar-refractivity contribution in [2.24, 2.45) is 5.92 Å². The average molecular weight is 358 g/mol. The molecule has 0 saturated carbocycles. The Bertz CT molecular complexity index is 310. The maximum absolute atomic E-state index is 4.93. The van der Waals surface area contributed by atoms with E-state index in [1.807, 2.05) is 0 Å². The maximum Gasteiger partial charge on any atom is -0.800 e. The van der Waals surface area contributed by atoms with E-state index >= 15 is 0 Å². The van der Waals surface area contributed by atoms with E-state index in [0.29, 0.717) is 0 Å². The van der Waals surface area contributed by atoms with Crippen LogP contribution in [0.15, 0.2) is 30.3 Å². The van der Waals surface area contributed by atoms with Crippen LogP contribution < -0.4 is 0 Å². The third-order valence-electron chi connectivity index (χ3n) is 2.36. The van der Waals surface area contributed by atoms with E-state index in [1.165, 1.54) is 18.4 Å². The van der Waals surface area contributed by atoms with Crippen molar-refractivity contribution in [3.63, 3.8) is 0 Å². The van der Waals surface area contributed by atoms with Crippen LogP contribution in [0, 0.1) is 30.2 Å². The molecule has 2 rings (SSSR count). The Kier molecular flexibility index (Phi) is 13.7. The molecular formula is C15H16Cl2Zr-6. The van der Waals surface area contributed by atoms with E-state index in [4.69, 9.17) is 17.0 Å². The second-order valence-electron chi connectivity index (χ2n) is 3.77. The van der Waals surface area contributed by atoms with E-state index in [9.17, 15) is 0 Å². The molecule has 0 heterocycles. The van der Waals surface area contributed by atoms with Gasteiger partial charge < -0.3 is 30.3 Å². The molecule has 0 aliphatic rings. The molecule has 0 spiro atoms. The third-order valence-corrected chi connectivity index (χ3v) is 2.36. The molecule has 0 fully saturated rings. The Balaban J connectivity index is 0.000000301. The molecule has 0 saturated heterocycles. The third kappa shape index (κ3) is 11.3. The fourth-order valence-electron chi connectivity index (χ4n) is 1.28. The van der Waals surface area contributed by atoms with Crippen molar-refractivity contribution in [2.75, 3.05) is 0 Å². The van der Waals surface area contributed by atoms with Gasteiger partial charge in [-0.2, -0.15) is 17.7 Å². The van der Waals surface area contributed by atoms with Crippen molar-refractivity contribution in [1.29, 1.82) is 0 Å². The van der Waals surface area contributed by atoms with Crippen molar-refractivity contribution in [2.45, 2.75) is 26.7 Å². The molecule has 0 aliphatic heterocycles. The monoisotopic (exact) mass is 356 g/mol. The molecule has 2 aromatic rings. The van der Waals surface area contributed by atoms with Crippen molar-refractivity contribution >= 4 is 17.0 Å². The molecule has 18 heavy (non-hydrogen) atoms. The van der Waals surface area contributed by atoms with Crippen LogP contribution in [0.1, 0.15) is 25.8 Å². The minimum absolute atomic E-state index is 0.826. The summed E-state index contributed by atoms with van der Waals surface area (Å²) >= 11 is -0.826. The van der Waals surface area contributed by atoms with Crippen LogP contribution in [0.25, 0.3) is 0 Å². The first-order valence-corrected chi connectivity index (χ1v) is 12.1. The molecule has 100 valence electrons. The zero-order valence-corrected chi connectivity index (χ0v) is 14.6. The Morgan fingerprint density at radius 1 is 1.22 bits per heavy atom. The summed E-state index contributed by atoms with van der Waals surface area (Å²) in [5.41, 5.74) is 1.48. The Labute approximate surface area is 130 Å². The van der Waals surface area contributed by atoms with Crippen molar-refractivity contribution in [3.05, 3.63) is 60.2 Å². The van der Waals surface area contributed by atoms with Gasteiger partial charge in [-0.05, 0) is 0 Å². The van der Waals surface area contributed by atoms with Gasteiger partial charge in [0.15, 0.2) is 0 Å². The maximum atomic E-state index is 4.93. The van der Waals surface area contributed by atoms with Crippen molar-refractivity contribution < 1.29 is 20.8 Å². The minimum atomic E-state index is -0.826. The first-order chi connectivity index (χ1) is 8.74. The standard InChI is InChI=1S/C10H15.C5H.2ClH.Zr/c1-3-9(2)8-10-6-4-5-7-10;1-2-4-5-3-1;;;/h4-7,9H,3,8H2,1-2H3;1H;2*1H;/q-1;-5;;;+2/p-2. The van der Waals surface area contributed by atoms with Crippen LogP contribution >= 0.6 is 17.0 Å². The molecular weight excluding hydrogens is 342 g/mol. The predicted octanol–water partition coefficient (Wildman–Crippen LogP) is 4.98. The first-order valence-electron chi connectivity index (χ1n) is 5.74. The number of hydrogen-bond donors (Lipinski definition) is 0. The molecule has 0 aromatic heterocycles. The average Bonchev–Trinajstić information content (AvgIpc) is 3.05. The first kappa shape index (κ1) is 18.2. The van der Waals surface area contributed by atoms with Gasteiger partial charge in [-0.15, -0.1) is 0 Å². The molecule has 2 aromatic carbocycles. The molecule has 0 N–H and O–H groups in total. The summed E-state index contributed by atoms with van der Waals surface area (Å²) in [5, 5.41) is 0. The second-order valence-corrected chi connectivity index (χ2v) is 7.50. The summed E-state index contributed by atoms with van der Waals surface area (Å²) in [4.78, 5) is 0. The van der Waals surface area contributed by atoms with Gasteiger partial charge in [-0.25, -0.2) is 12.1 Å². The van der Waals surface area contributed by atoms with Crippen molar-refractivity contribution in [3.8, 4) is 0 Å². The second kappa shape index (κ2) is 13.6. The molecule has 1 unspecified atom stereocenters. The van der Waals surface area contributed by atoms with E-state index in [2.05, 4.69) is 62.4 Å². The molecule has 0 nitrogen and oxygen atoms in total. The summed E-state index contributed by atoms with van der Waals surface area (Å²) < 4.78 is 0. The Hall–Kier alpha value is 0.163. The Morgan fingerprint density at radius 2 is 1.72 bits per heavy atom. The smallest absolute Gasteiger partial charge is 0.800 e. The molecule has 0 bridgehead atoms. The molecule has 0 radical (unpaired) electrons. The van der Waals surface area contributed by atoms with Crippen LogP contribution in [-0.4, -0.2) is 0 Å². The van der Waals surface area contributed by atoms with E-state index < -0.39 is 20.8 Å². The number of halogens is 2. The van der Waals surface area contributed by atoms with Gasteiger partial charge in [0, 0.05) is 0 Å². The van der Waals surface area contributed by atoms with Gasteiger partial charge in [0.2, 0.25) is 0 Å². The van der Waals surface area contributed by atoms with E-state index in [1.54, 1.807) is 6.07 Å². The van der Waals surface area contributed by atoms with Gasteiger partial charge in [-0.3, -0.25) is 0 Å². The SMILES string of the molecule is CCC(C)C[c-]1cccc1.[Cl][Zr][Cl].[c-]1[c-][c-][cH-][c-]1. The topological polar surface area (TPSA) is 0 Å². The fourth-order valence-corrected chi connectivity index (χ4v) is 1.28. The van der Waals surface area contributed by atoms with Gasteiger partial charge >= 0.3 is 37.9 Å². The summed E-state index contributed by atoms with van der Waals surface area (Å²) in [7, 11) is 9.87. The summed E-state index contributed by atoms with van der Waals surface area (Å²) in [6.07, 6.45) is 2.52. The van der Waals surface area contributed by atoms with Crippen LogP contribution in [0.5, 0.6) is 0 Å². The van der Waals surface area contributed by atoms with Crippen LogP contribution in [-0.2, 0) is 27.3 Å². The van der Waals surface area contributed by atoms with Gasteiger partial charge in [-0.1, -0.05) is 32.6 Å². The Morgan fingerprint density at radius 3 is 2.06 bits per heavy atom. The van der Waals surface area contributed by atoms with Gasteiger partial charge in [0.1, 0.15) is 0 Å². The predicted molar refractivity (Wildman–Crippen MR) is 74.3 cm³/mol. The number of rotatable bonds is 3. The molecule has 3 heteroatoms. The van der Waals surface area contributed by atoms with Crippen LogP contribution in [0.2, 0.25) is 0 Å². The van der Waals surface area contributed by atoms with Crippen LogP contribution in [0.4, 0.5) is 0 Å². The van der Waals surface area contributed by atoms with Gasteiger partial charge in [0.25, 0.3) is 0 Å². The fraction of sp³-hybridized carbons (Fsp3) is 0.333. The molecule has 1 atom stereocenters. The quantitative estimate of drug-likeness (QED) is 0.679. The summed E-state index contributed by atoms with van der Waals surface area (Å²) in [6.45, 7) is 4.54. The normalized spacial score (nSPS) is 10.4. The van der Waals surface area contributed by atoms with E-state index in [-0.39, 0.29) is 0 Å².